The Bertz CT molecular complexity index is 727. The van der Waals surface area contributed by atoms with Crippen LogP contribution in [0.2, 0.25) is 0 Å². The van der Waals surface area contributed by atoms with Crippen molar-refractivity contribution in [2.24, 2.45) is 0 Å². The normalized spacial score (nSPS) is 15.5. The highest BCUT2D eigenvalue weighted by Crippen LogP contribution is 2.18. The molecule has 0 unspecified atom stereocenters. The molecule has 1 aliphatic heterocycles. The Morgan fingerprint density at radius 2 is 2.08 bits per heavy atom. The largest absolute Gasteiger partial charge is 0.336 e. The van der Waals surface area contributed by atoms with Crippen LogP contribution in [0.4, 0.5) is 8.78 Å². The number of halogens is 2. The summed E-state index contributed by atoms with van der Waals surface area (Å²) in [7, 11) is 1.59. The van der Waals surface area contributed by atoms with E-state index in [0.29, 0.717) is 5.56 Å². The summed E-state index contributed by atoms with van der Waals surface area (Å²) >= 11 is 0. The molecule has 128 valence electrons. The second-order valence-electron chi connectivity index (χ2n) is 5.97. The average Bonchev–Trinajstić information content (AvgIpc) is 3.08. The van der Waals surface area contributed by atoms with E-state index < -0.39 is 11.6 Å². The molecule has 1 aromatic carbocycles. The lowest BCUT2D eigenvalue weighted by molar-refractivity contribution is 0.0779. The molecule has 0 aliphatic carbocycles. The zero-order chi connectivity index (χ0) is 17.1. The number of piperidine rings is 1. The van der Waals surface area contributed by atoms with Crippen LogP contribution < -0.4 is 5.32 Å². The Kier molecular flexibility index (Phi) is 4.84. The van der Waals surface area contributed by atoms with Gasteiger partial charge in [0.1, 0.15) is 0 Å². The molecule has 3 rings (SSSR count). The van der Waals surface area contributed by atoms with Crippen LogP contribution >= 0.6 is 0 Å². The maximum absolute atomic E-state index is 13.3. The third kappa shape index (κ3) is 3.59. The van der Waals surface area contributed by atoms with Crippen LogP contribution in [0.3, 0.4) is 0 Å². The third-order valence-electron chi connectivity index (χ3n) is 4.16. The number of nitrogens with one attached hydrogen (secondary N) is 1. The van der Waals surface area contributed by atoms with Crippen molar-refractivity contribution in [3.63, 3.8) is 0 Å². The van der Waals surface area contributed by atoms with Gasteiger partial charge < -0.3 is 10.2 Å². The van der Waals surface area contributed by atoms with Gasteiger partial charge >= 0.3 is 0 Å². The molecule has 1 aromatic heterocycles. The van der Waals surface area contributed by atoms with Gasteiger partial charge in [-0.1, -0.05) is 11.3 Å². The molecule has 6 nitrogen and oxygen atoms in total. The second-order valence-corrected chi connectivity index (χ2v) is 5.97. The van der Waals surface area contributed by atoms with Gasteiger partial charge in [-0.15, -0.1) is 5.10 Å². The van der Waals surface area contributed by atoms with E-state index in [1.807, 2.05) is 0 Å². The fourth-order valence-corrected chi connectivity index (χ4v) is 2.80. The van der Waals surface area contributed by atoms with E-state index in [1.165, 1.54) is 11.0 Å². The van der Waals surface area contributed by atoms with Crippen LogP contribution in [0.1, 0.15) is 34.9 Å². The lowest BCUT2D eigenvalue weighted by Gasteiger charge is -2.22. The molecule has 1 N–H and O–H groups in total. The Morgan fingerprint density at radius 1 is 1.33 bits per heavy atom. The highest BCUT2D eigenvalue weighted by molar-refractivity contribution is 5.91. The molecule has 0 saturated carbocycles. The third-order valence-corrected chi connectivity index (χ3v) is 4.16. The Labute approximate surface area is 138 Å². The zero-order valence-corrected chi connectivity index (χ0v) is 13.4. The molecule has 0 atom stereocenters. The van der Waals surface area contributed by atoms with E-state index in [4.69, 9.17) is 0 Å². The molecule has 0 spiro atoms. The summed E-state index contributed by atoms with van der Waals surface area (Å²) in [6.45, 7) is 2.00. The second kappa shape index (κ2) is 7.04. The van der Waals surface area contributed by atoms with Crippen molar-refractivity contribution >= 4 is 5.91 Å². The van der Waals surface area contributed by atoms with E-state index in [2.05, 4.69) is 15.6 Å². The lowest BCUT2D eigenvalue weighted by Crippen LogP contribution is -2.29. The standard InChI is InChI=1S/C16H19F2N5O/c1-22(9-11-2-3-13(17)14(18)8-11)16(24)15-10-23(21-20-15)12-4-6-19-7-5-12/h2-3,8,10,12,19H,4-7,9H2,1H3. The van der Waals surface area contributed by atoms with Crippen molar-refractivity contribution in [2.45, 2.75) is 25.4 Å². The summed E-state index contributed by atoms with van der Waals surface area (Å²) in [6, 6.07) is 3.84. The van der Waals surface area contributed by atoms with Gasteiger partial charge in [0.25, 0.3) is 5.91 Å². The molecular formula is C16H19F2N5O. The zero-order valence-electron chi connectivity index (χ0n) is 13.4. The first kappa shape index (κ1) is 16.5. The molecule has 1 aliphatic rings. The summed E-state index contributed by atoms with van der Waals surface area (Å²) < 4.78 is 27.9. The molecule has 24 heavy (non-hydrogen) atoms. The van der Waals surface area contributed by atoms with E-state index in [9.17, 15) is 13.6 Å². The lowest BCUT2D eigenvalue weighted by atomic mass is 10.1. The number of aromatic nitrogens is 3. The minimum absolute atomic E-state index is 0.163. The van der Waals surface area contributed by atoms with Crippen molar-refractivity contribution in [1.29, 1.82) is 0 Å². The summed E-state index contributed by atoms with van der Waals surface area (Å²) in [5, 5.41) is 11.3. The summed E-state index contributed by atoms with van der Waals surface area (Å²) in [4.78, 5) is 13.8. The van der Waals surface area contributed by atoms with Crippen LogP contribution in [-0.2, 0) is 6.54 Å². The molecule has 0 bridgehead atoms. The van der Waals surface area contributed by atoms with Crippen LogP contribution in [0.15, 0.2) is 24.4 Å². The number of nitrogens with zero attached hydrogens (tertiary/aromatic N) is 4. The number of benzene rings is 1. The van der Waals surface area contributed by atoms with Crippen molar-refractivity contribution in [3.05, 3.63) is 47.3 Å². The van der Waals surface area contributed by atoms with Crippen molar-refractivity contribution in [1.82, 2.24) is 25.2 Å². The van der Waals surface area contributed by atoms with Crippen LogP contribution in [-0.4, -0.2) is 45.9 Å². The molecule has 1 amide bonds. The monoisotopic (exact) mass is 335 g/mol. The molecule has 2 aromatic rings. The number of hydrogen-bond donors (Lipinski definition) is 1. The van der Waals surface area contributed by atoms with Crippen LogP contribution in [0.5, 0.6) is 0 Å². The van der Waals surface area contributed by atoms with Gasteiger partial charge in [-0.05, 0) is 43.6 Å². The summed E-state index contributed by atoms with van der Waals surface area (Å²) in [6.07, 6.45) is 3.55. The molecular weight excluding hydrogens is 316 g/mol. The smallest absolute Gasteiger partial charge is 0.276 e. The molecule has 1 saturated heterocycles. The van der Waals surface area contributed by atoms with Crippen molar-refractivity contribution < 1.29 is 13.6 Å². The summed E-state index contributed by atoms with van der Waals surface area (Å²) in [5.74, 6) is -2.14. The predicted octanol–water partition coefficient (Wildman–Crippen LogP) is 1.75. The highest BCUT2D eigenvalue weighted by Gasteiger charge is 2.21. The average molecular weight is 335 g/mol. The molecule has 2 heterocycles. The van der Waals surface area contributed by atoms with Crippen LogP contribution in [0.25, 0.3) is 0 Å². The predicted molar refractivity (Wildman–Crippen MR) is 83.3 cm³/mol. The van der Waals surface area contributed by atoms with Crippen molar-refractivity contribution in [3.8, 4) is 0 Å². The minimum Gasteiger partial charge on any atom is -0.336 e. The summed E-state index contributed by atoms with van der Waals surface area (Å²) in [5.41, 5.74) is 0.758. The van der Waals surface area contributed by atoms with Crippen molar-refractivity contribution in [2.75, 3.05) is 20.1 Å². The highest BCUT2D eigenvalue weighted by atomic mass is 19.2. The SMILES string of the molecule is CN(Cc1ccc(F)c(F)c1)C(=O)c1cn(C2CCNCC2)nn1. The molecule has 1 fully saturated rings. The number of carbonyl (C=O) groups is 1. The molecule has 0 radical (unpaired) electrons. The quantitative estimate of drug-likeness (QED) is 0.925. The van der Waals surface area contributed by atoms with Gasteiger partial charge in [-0.25, -0.2) is 13.5 Å². The van der Waals surface area contributed by atoms with Crippen LogP contribution in [0, 0.1) is 11.6 Å². The van der Waals surface area contributed by atoms with Gasteiger partial charge in [0.2, 0.25) is 0 Å². The van der Waals surface area contributed by atoms with E-state index in [-0.39, 0.29) is 24.2 Å². The maximum Gasteiger partial charge on any atom is 0.276 e. The van der Waals surface area contributed by atoms with E-state index in [1.54, 1.807) is 17.9 Å². The first-order valence-electron chi connectivity index (χ1n) is 7.86. The van der Waals surface area contributed by atoms with Gasteiger partial charge in [0.15, 0.2) is 17.3 Å². The number of rotatable bonds is 4. The topological polar surface area (TPSA) is 63.1 Å². The Hall–Kier alpha value is -2.35. The number of hydrogen-bond acceptors (Lipinski definition) is 4. The Morgan fingerprint density at radius 3 is 2.79 bits per heavy atom. The van der Waals surface area contributed by atoms with E-state index in [0.717, 1.165) is 38.1 Å². The first-order valence-corrected chi connectivity index (χ1v) is 7.86. The van der Waals surface area contributed by atoms with Gasteiger partial charge in [-0.3, -0.25) is 4.79 Å². The van der Waals surface area contributed by atoms with E-state index >= 15 is 0 Å². The van der Waals surface area contributed by atoms with Gasteiger partial charge in [-0.2, -0.15) is 0 Å². The minimum atomic E-state index is -0.926. The van der Waals surface area contributed by atoms with Gasteiger partial charge in [0, 0.05) is 13.6 Å². The molecule has 8 heteroatoms. The first-order chi connectivity index (χ1) is 11.5. The number of amides is 1. The fourth-order valence-electron chi connectivity index (χ4n) is 2.80. The van der Waals surface area contributed by atoms with Gasteiger partial charge in [0.05, 0.1) is 12.2 Å². The maximum atomic E-state index is 13.3. The number of carbonyl (C=O) groups excluding carboxylic acids is 1. The fraction of sp³-hybridized carbons (Fsp3) is 0.438. The Balaban J connectivity index is 1.66.